The summed E-state index contributed by atoms with van der Waals surface area (Å²) >= 11 is 0. The van der Waals surface area contributed by atoms with E-state index in [2.05, 4.69) is 17.2 Å². The number of phenolic OH excluding ortho intramolecular Hbond substituents is 1. The zero-order valence-corrected chi connectivity index (χ0v) is 11.5. The topological polar surface area (TPSA) is 102 Å². The highest BCUT2D eigenvalue weighted by Crippen LogP contribution is 2.18. The normalized spacial score (nSPS) is 11.0. The fourth-order valence-electron chi connectivity index (χ4n) is 1.71. The monoisotopic (exact) mass is 287 g/mol. The zero-order valence-electron chi connectivity index (χ0n) is 11.5. The minimum Gasteiger partial charge on any atom is -0.508 e. The molecule has 1 aromatic carbocycles. The lowest BCUT2D eigenvalue weighted by Crippen LogP contribution is -2.37. The SMILES string of the molecule is C=CC(=O)NCC(C(=O)NCCC#N)c1ccc(O)cc1. The third kappa shape index (κ3) is 5.37. The number of amides is 2. The summed E-state index contributed by atoms with van der Waals surface area (Å²) in [6.45, 7) is 3.70. The fraction of sp³-hybridized carbons (Fsp3) is 0.267. The quantitative estimate of drug-likeness (QED) is 0.510. The van der Waals surface area contributed by atoms with Gasteiger partial charge in [0.05, 0.1) is 18.4 Å². The van der Waals surface area contributed by atoms with Gasteiger partial charge in [-0.05, 0) is 23.8 Å². The van der Waals surface area contributed by atoms with Gasteiger partial charge in [0.15, 0.2) is 0 Å². The molecular formula is C15H17N3O3. The molecule has 0 aromatic heterocycles. The van der Waals surface area contributed by atoms with E-state index in [1.807, 2.05) is 6.07 Å². The summed E-state index contributed by atoms with van der Waals surface area (Å²) in [6.07, 6.45) is 1.34. The Morgan fingerprint density at radius 2 is 2.00 bits per heavy atom. The van der Waals surface area contributed by atoms with E-state index in [-0.39, 0.29) is 37.1 Å². The maximum Gasteiger partial charge on any atom is 0.243 e. The predicted octanol–water partition coefficient (Wildman–Crippen LogP) is 0.808. The molecule has 0 bridgehead atoms. The molecule has 1 aromatic rings. The molecule has 3 N–H and O–H groups in total. The van der Waals surface area contributed by atoms with Crippen LogP contribution in [0.3, 0.4) is 0 Å². The number of nitriles is 1. The molecule has 0 aliphatic rings. The second-order valence-corrected chi connectivity index (χ2v) is 4.29. The molecule has 0 saturated carbocycles. The smallest absolute Gasteiger partial charge is 0.243 e. The van der Waals surface area contributed by atoms with Crippen molar-refractivity contribution in [3.63, 3.8) is 0 Å². The number of carbonyl (C=O) groups is 2. The molecule has 2 amide bonds. The van der Waals surface area contributed by atoms with E-state index in [1.165, 1.54) is 12.1 Å². The van der Waals surface area contributed by atoms with Crippen molar-refractivity contribution in [3.05, 3.63) is 42.5 Å². The maximum absolute atomic E-state index is 12.1. The Hall–Kier alpha value is -2.81. The molecule has 0 saturated heterocycles. The van der Waals surface area contributed by atoms with Gasteiger partial charge >= 0.3 is 0 Å². The van der Waals surface area contributed by atoms with Crippen LogP contribution in [-0.2, 0) is 9.59 Å². The third-order valence-corrected chi connectivity index (χ3v) is 2.81. The number of hydrogen-bond acceptors (Lipinski definition) is 4. The number of aromatic hydroxyl groups is 1. The number of carbonyl (C=O) groups excluding carboxylic acids is 2. The largest absolute Gasteiger partial charge is 0.508 e. The van der Waals surface area contributed by atoms with Gasteiger partial charge in [0.2, 0.25) is 11.8 Å². The van der Waals surface area contributed by atoms with Gasteiger partial charge in [-0.15, -0.1) is 0 Å². The molecule has 1 atom stereocenters. The van der Waals surface area contributed by atoms with Crippen LogP contribution in [0.4, 0.5) is 0 Å². The van der Waals surface area contributed by atoms with Gasteiger partial charge < -0.3 is 15.7 Å². The lowest BCUT2D eigenvalue weighted by Gasteiger charge is -2.17. The summed E-state index contributed by atoms with van der Waals surface area (Å²) < 4.78 is 0. The minimum atomic E-state index is -0.604. The Bertz CT molecular complexity index is 546. The Labute approximate surface area is 123 Å². The molecule has 0 radical (unpaired) electrons. The van der Waals surface area contributed by atoms with E-state index >= 15 is 0 Å². The zero-order chi connectivity index (χ0) is 15.7. The summed E-state index contributed by atoms with van der Waals surface area (Å²) in [7, 11) is 0. The van der Waals surface area contributed by atoms with Crippen LogP contribution in [-0.4, -0.2) is 30.0 Å². The van der Waals surface area contributed by atoms with Crippen LogP contribution in [0.25, 0.3) is 0 Å². The first-order chi connectivity index (χ1) is 10.1. The molecule has 21 heavy (non-hydrogen) atoms. The lowest BCUT2D eigenvalue weighted by atomic mass is 9.97. The molecule has 0 aliphatic heterocycles. The highest BCUT2D eigenvalue weighted by atomic mass is 16.3. The van der Waals surface area contributed by atoms with Crippen molar-refractivity contribution in [3.8, 4) is 11.8 Å². The molecule has 110 valence electrons. The Balaban J connectivity index is 2.80. The van der Waals surface area contributed by atoms with Crippen LogP contribution in [0.5, 0.6) is 5.75 Å². The number of nitrogens with zero attached hydrogens (tertiary/aromatic N) is 1. The molecule has 0 fully saturated rings. The predicted molar refractivity (Wildman–Crippen MR) is 77.3 cm³/mol. The third-order valence-electron chi connectivity index (χ3n) is 2.81. The molecule has 0 aliphatic carbocycles. The standard InChI is InChI=1S/C15H17N3O3/c1-2-14(20)18-10-13(15(21)17-9-3-8-16)11-4-6-12(19)7-5-11/h2,4-7,13,19H,1,3,9-10H2,(H,17,21)(H,18,20). The summed E-state index contributed by atoms with van der Waals surface area (Å²) in [5.74, 6) is -1.17. The molecule has 6 heteroatoms. The number of benzene rings is 1. The molecular weight excluding hydrogens is 270 g/mol. The summed E-state index contributed by atoms with van der Waals surface area (Å²) in [4.78, 5) is 23.4. The Morgan fingerprint density at radius 3 is 2.57 bits per heavy atom. The number of hydrogen-bond donors (Lipinski definition) is 3. The van der Waals surface area contributed by atoms with Crippen molar-refractivity contribution in [2.75, 3.05) is 13.1 Å². The van der Waals surface area contributed by atoms with Gasteiger partial charge in [0.25, 0.3) is 0 Å². The van der Waals surface area contributed by atoms with E-state index in [9.17, 15) is 14.7 Å². The van der Waals surface area contributed by atoms with Crippen LogP contribution in [0.15, 0.2) is 36.9 Å². The molecule has 0 heterocycles. The maximum atomic E-state index is 12.1. The number of rotatable bonds is 7. The minimum absolute atomic E-state index is 0.0949. The highest BCUT2D eigenvalue weighted by Gasteiger charge is 2.20. The van der Waals surface area contributed by atoms with Gasteiger partial charge in [0, 0.05) is 13.1 Å². The Morgan fingerprint density at radius 1 is 1.33 bits per heavy atom. The fourth-order valence-corrected chi connectivity index (χ4v) is 1.71. The van der Waals surface area contributed by atoms with Crippen LogP contribution in [0, 0.1) is 11.3 Å². The van der Waals surface area contributed by atoms with Crippen LogP contribution in [0.1, 0.15) is 17.9 Å². The average molecular weight is 287 g/mol. The first kappa shape index (κ1) is 16.2. The second-order valence-electron chi connectivity index (χ2n) is 4.29. The Kier molecular flexibility index (Phi) is 6.48. The lowest BCUT2D eigenvalue weighted by molar-refractivity contribution is -0.122. The van der Waals surface area contributed by atoms with E-state index in [1.54, 1.807) is 12.1 Å². The summed E-state index contributed by atoms with van der Waals surface area (Å²) in [5.41, 5.74) is 0.659. The van der Waals surface area contributed by atoms with Gasteiger partial charge in [-0.2, -0.15) is 5.26 Å². The van der Waals surface area contributed by atoms with Gasteiger partial charge in [-0.3, -0.25) is 9.59 Å². The summed E-state index contributed by atoms with van der Waals surface area (Å²) in [5, 5.41) is 23.0. The number of phenols is 1. The van der Waals surface area contributed by atoms with E-state index in [4.69, 9.17) is 5.26 Å². The molecule has 1 unspecified atom stereocenters. The van der Waals surface area contributed by atoms with E-state index < -0.39 is 5.92 Å². The van der Waals surface area contributed by atoms with E-state index in [0.717, 1.165) is 6.08 Å². The second kappa shape index (κ2) is 8.38. The van der Waals surface area contributed by atoms with Gasteiger partial charge in [-0.25, -0.2) is 0 Å². The van der Waals surface area contributed by atoms with Crippen molar-refractivity contribution >= 4 is 11.8 Å². The first-order valence-corrected chi connectivity index (χ1v) is 6.42. The molecule has 6 nitrogen and oxygen atoms in total. The van der Waals surface area contributed by atoms with Gasteiger partial charge in [-0.1, -0.05) is 18.7 Å². The summed E-state index contributed by atoms with van der Waals surface area (Å²) in [6, 6.07) is 8.11. The molecule has 0 spiro atoms. The van der Waals surface area contributed by atoms with Crippen molar-refractivity contribution in [1.82, 2.24) is 10.6 Å². The number of nitrogens with one attached hydrogen (secondary N) is 2. The van der Waals surface area contributed by atoms with Crippen molar-refractivity contribution in [2.24, 2.45) is 0 Å². The molecule has 1 rings (SSSR count). The van der Waals surface area contributed by atoms with Crippen molar-refractivity contribution in [2.45, 2.75) is 12.3 Å². The van der Waals surface area contributed by atoms with Crippen LogP contribution >= 0.6 is 0 Å². The van der Waals surface area contributed by atoms with E-state index in [0.29, 0.717) is 5.56 Å². The first-order valence-electron chi connectivity index (χ1n) is 6.42. The highest BCUT2D eigenvalue weighted by molar-refractivity contribution is 5.88. The van der Waals surface area contributed by atoms with Gasteiger partial charge in [0.1, 0.15) is 5.75 Å². The van der Waals surface area contributed by atoms with Crippen molar-refractivity contribution in [1.29, 1.82) is 5.26 Å². The van der Waals surface area contributed by atoms with Crippen LogP contribution < -0.4 is 10.6 Å². The average Bonchev–Trinajstić information content (AvgIpc) is 2.49. The van der Waals surface area contributed by atoms with Crippen molar-refractivity contribution < 1.29 is 14.7 Å². The van der Waals surface area contributed by atoms with Crippen LogP contribution in [0.2, 0.25) is 0 Å².